The van der Waals surface area contributed by atoms with E-state index >= 15 is 0 Å². The Bertz CT molecular complexity index is 552. The molecule has 0 spiro atoms. The Morgan fingerprint density at radius 2 is 2.10 bits per heavy atom. The molecule has 1 heterocycles. The molecule has 1 aromatic heterocycles. The zero-order valence-electron chi connectivity index (χ0n) is 12.9. The minimum absolute atomic E-state index is 0.469. The van der Waals surface area contributed by atoms with E-state index < -0.39 is 0 Å². The van der Waals surface area contributed by atoms with Crippen LogP contribution in [0.3, 0.4) is 0 Å². The molecule has 0 amide bonds. The van der Waals surface area contributed by atoms with Crippen molar-refractivity contribution in [1.82, 2.24) is 5.32 Å². The van der Waals surface area contributed by atoms with E-state index in [-0.39, 0.29) is 0 Å². The second-order valence-corrected chi connectivity index (χ2v) is 6.32. The van der Waals surface area contributed by atoms with Gasteiger partial charge in [0.05, 0.1) is 12.8 Å². The number of furan rings is 1. The van der Waals surface area contributed by atoms with Gasteiger partial charge < -0.3 is 14.6 Å². The number of hydrogen-bond donors (Lipinski definition) is 1. The summed E-state index contributed by atoms with van der Waals surface area (Å²) < 4.78 is 6.59. The van der Waals surface area contributed by atoms with E-state index in [1.165, 1.54) is 11.3 Å². The first-order chi connectivity index (χ1) is 10.1. The van der Waals surface area contributed by atoms with Gasteiger partial charge in [-0.2, -0.15) is 0 Å². The van der Waals surface area contributed by atoms with E-state index in [4.69, 9.17) is 4.42 Å². The van der Waals surface area contributed by atoms with Crippen LogP contribution in [0.4, 0.5) is 5.69 Å². The molecule has 114 valence electrons. The first kappa shape index (κ1) is 16.1. The minimum atomic E-state index is 0.469. The molecule has 0 unspecified atom stereocenters. The van der Waals surface area contributed by atoms with Crippen LogP contribution in [0.2, 0.25) is 0 Å². The van der Waals surface area contributed by atoms with Gasteiger partial charge in [-0.05, 0) is 42.8 Å². The second-order valence-electron chi connectivity index (χ2n) is 5.40. The van der Waals surface area contributed by atoms with Crippen molar-refractivity contribution in [3.05, 3.63) is 52.4 Å². The predicted octanol–water partition coefficient (Wildman–Crippen LogP) is 4.57. The van der Waals surface area contributed by atoms with Gasteiger partial charge in [-0.15, -0.1) is 0 Å². The van der Waals surface area contributed by atoms with Crippen LogP contribution in [-0.2, 0) is 13.1 Å². The number of benzene rings is 1. The molecule has 0 aliphatic carbocycles. The summed E-state index contributed by atoms with van der Waals surface area (Å²) in [7, 11) is 0. The summed E-state index contributed by atoms with van der Waals surface area (Å²) in [6, 6.07) is 10.9. The average molecular weight is 351 g/mol. The van der Waals surface area contributed by atoms with E-state index in [0.29, 0.717) is 6.04 Å². The Balaban J connectivity index is 2.22. The summed E-state index contributed by atoms with van der Waals surface area (Å²) in [5.41, 5.74) is 2.55. The van der Waals surface area contributed by atoms with Gasteiger partial charge in [0.1, 0.15) is 5.76 Å². The summed E-state index contributed by atoms with van der Waals surface area (Å²) in [6.45, 7) is 9.10. The average Bonchev–Trinajstić information content (AvgIpc) is 2.96. The fourth-order valence-electron chi connectivity index (χ4n) is 2.28. The highest BCUT2D eigenvalue weighted by molar-refractivity contribution is 9.10. The van der Waals surface area contributed by atoms with E-state index in [9.17, 15) is 0 Å². The van der Waals surface area contributed by atoms with Gasteiger partial charge >= 0.3 is 0 Å². The van der Waals surface area contributed by atoms with Crippen molar-refractivity contribution in [1.29, 1.82) is 0 Å². The number of rotatable bonds is 7. The molecule has 0 fully saturated rings. The number of halogens is 1. The molecule has 2 rings (SSSR count). The summed E-state index contributed by atoms with van der Waals surface area (Å²) in [4.78, 5) is 2.34. The zero-order valence-corrected chi connectivity index (χ0v) is 14.5. The van der Waals surface area contributed by atoms with Crippen molar-refractivity contribution >= 4 is 21.6 Å². The molecule has 4 heteroatoms. The lowest BCUT2D eigenvalue weighted by molar-refractivity contribution is 0.503. The molecule has 0 aliphatic heterocycles. The standard InChI is InChI=1S/C17H23BrN2O/c1-4-20(12-16-6-5-9-21-16)17-8-7-15(18)10-14(17)11-19-13(2)3/h5-10,13,19H,4,11-12H2,1-3H3. The summed E-state index contributed by atoms with van der Waals surface area (Å²) in [6.07, 6.45) is 1.73. The quantitative estimate of drug-likeness (QED) is 0.792. The van der Waals surface area contributed by atoms with Crippen LogP contribution >= 0.6 is 15.9 Å². The molecule has 1 N–H and O–H groups in total. The van der Waals surface area contributed by atoms with Crippen molar-refractivity contribution in [3.63, 3.8) is 0 Å². The maximum atomic E-state index is 5.48. The molecule has 1 aromatic carbocycles. The van der Waals surface area contributed by atoms with E-state index in [2.05, 4.69) is 65.1 Å². The SMILES string of the molecule is CCN(Cc1ccco1)c1ccc(Br)cc1CNC(C)C. The van der Waals surface area contributed by atoms with Crippen molar-refractivity contribution in [2.75, 3.05) is 11.4 Å². The zero-order chi connectivity index (χ0) is 15.2. The highest BCUT2D eigenvalue weighted by Crippen LogP contribution is 2.26. The molecular formula is C17H23BrN2O. The number of hydrogen-bond acceptors (Lipinski definition) is 3. The Hall–Kier alpha value is -1.26. The van der Waals surface area contributed by atoms with Crippen LogP contribution in [-0.4, -0.2) is 12.6 Å². The molecule has 0 bridgehead atoms. The smallest absolute Gasteiger partial charge is 0.123 e. The molecular weight excluding hydrogens is 328 g/mol. The first-order valence-corrected chi connectivity index (χ1v) is 8.18. The molecule has 2 aromatic rings. The largest absolute Gasteiger partial charge is 0.467 e. The maximum Gasteiger partial charge on any atom is 0.123 e. The van der Waals surface area contributed by atoms with Gasteiger partial charge in [0.2, 0.25) is 0 Å². The lowest BCUT2D eigenvalue weighted by atomic mass is 10.1. The molecule has 21 heavy (non-hydrogen) atoms. The fraction of sp³-hybridized carbons (Fsp3) is 0.412. The molecule has 0 aliphatic rings. The van der Waals surface area contributed by atoms with Gasteiger partial charge in [-0.3, -0.25) is 0 Å². The molecule has 0 saturated carbocycles. The van der Waals surface area contributed by atoms with Gasteiger partial charge in [-0.25, -0.2) is 0 Å². The normalized spacial score (nSPS) is 11.1. The molecule has 0 saturated heterocycles. The maximum absolute atomic E-state index is 5.48. The highest BCUT2D eigenvalue weighted by atomic mass is 79.9. The van der Waals surface area contributed by atoms with Crippen molar-refractivity contribution < 1.29 is 4.42 Å². The van der Waals surface area contributed by atoms with Crippen LogP contribution in [0.1, 0.15) is 32.1 Å². The fourth-order valence-corrected chi connectivity index (χ4v) is 2.68. The monoisotopic (exact) mass is 350 g/mol. The summed E-state index contributed by atoms with van der Waals surface area (Å²) in [5, 5.41) is 3.50. The van der Waals surface area contributed by atoms with Gasteiger partial charge in [0.25, 0.3) is 0 Å². The van der Waals surface area contributed by atoms with Gasteiger partial charge in [-0.1, -0.05) is 29.8 Å². The van der Waals surface area contributed by atoms with Crippen molar-refractivity contribution in [2.45, 2.75) is 39.9 Å². The number of nitrogens with one attached hydrogen (secondary N) is 1. The predicted molar refractivity (Wildman–Crippen MR) is 91.5 cm³/mol. The lowest BCUT2D eigenvalue weighted by Crippen LogP contribution is -2.26. The third-order valence-corrected chi connectivity index (χ3v) is 3.88. The first-order valence-electron chi connectivity index (χ1n) is 7.39. The number of anilines is 1. The van der Waals surface area contributed by atoms with Crippen LogP contribution in [0.15, 0.2) is 45.5 Å². The molecule has 0 atom stereocenters. The van der Waals surface area contributed by atoms with E-state index in [1.54, 1.807) is 6.26 Å². The Morgan fingerprint density at radius 1 is 1.29 bits per heavy atom. The third kappa shape index (κ3) is 4.61. The third-order valence-electron chi connectivity index (χ3n) is 3.39. The van der Waals surface area contributed by atoms with Crippen LogP contribution in [0.25, 0.3) is 0 Å². The Morgan fingerprint density at radius 3 is 2.71 bits per heavy atom. The topological polar surface area (TPSA) is 28.4 Å². The Kier molecular flexibility index (Phi) is 5.88. The van der Waals surface area contributed by atoms with E-state index in [1.807, 2.05) is 12.1 Å². The van der Waals surface area contributed by atoms with E-state index in [0.717, 1.165) is 29.9 Å². The van der Waals surface area contributed by atoms with Crippen molar-refractivity contribution in [2.24, 2.45) is 0 Å². The van der Waals surface area contributed by atoms with Crippen LogP contribution in [0, 0.1) is 0 Å². The van der Waals surface area contributed by atoms with Crippen LogP contribution in [0.5, 0.6) is 0 Å². The van der Waals surface area contributed by atoms with Gasteiger partial charge in [0.15, 0.2) is 0 Å². The summed E-state index contributed by atoms with van der Waals surface area (Å²) >= 11 is 3.57. The highest BCUT2D eigenvalue weighted by Gasteiger charge is 2.12. The Labute approximate surface area is 135 Å². The van der Waals surface area contributed by atoms with Gasteiger partial charge in [0, 0.05) is 29.3 Å². The molecule has 3 nitrogen and oxygen atoms in total. The van der Waals surface area contributed by atoms with Crippen molar-refractivity contribution in [3.8, 4) is 0 Å². The number of nitrogens with zero attached hydrogens (tertiary/aromatic N) is 1. The minimum Gasteiger partial charge on any atom is -0.467 e. The lowest BCUT2D eigenvalue weighted by Gasteiger charge is -2.25. The van der Waals surface area contributed by atoms with Crippen LogP contribution < -0.4 is 10.2 Å². The summed E-state index contributed by atoms with van der Waals surface area (Å²) in [5.74, 6) is 0.988. The molecule has 0 radical (unpaired) electrons. The second kappa shape index (κ2) is 7.66.